The number of aromatic nitrogens is 3. The summed E-state index contributed by atoms with van der Waals surface area (Å²) in [7, 11) is 1.69. The van der Waals surface area contributed by atoms with E-state index in [2.05, 4.69) is 15.0 Å². The van der Waals surface area contributed by atoms with Gasteiger partial charge in [0.2, 0.25) is 0 Å². The Morgan fingerprint density at radius 2 is 2.33 bits per heavy atom. The third-order valence-electron chi connectivity index (χ3n) is 1.96. The highest BCUT2D eigenvalue weighted by atomic mass is 32.2. The number of ether oxygens (including phenoxy) is 1. The van der Waals surface area contributed by atoms with Crippen LogP contribution in [0.25, 0.3) is 10.3 Å². The van der Waals surface area contributed by atoms with Crippen LogP contribution in [0.15, 0.2) is 10.7 Å². The molecule has 0 N–H and O–H groups in total. The van der Waals surface area contributed by atoms with Crippen molar-refractivity contribution in [1.29, 1.82) is 0 Å². The average molecular weight is 241 g/mol. The smallest absolute Gasteiger partial charge is 0.175 e. The standard InChI is InChI=1S/C9H11N3OS2/c1-13-4-3-6-7-8(11-5-10-6)12-9(14-2)15-7/h5H,3-4H2,1-2H3. The molecule has 80 valence electrons. The van der Waals surface area contributed by atoms with Crippen LogP contribution in [-0.4, -0.2) is 34.9 Å². The Hall–Kier alpha value is -0.720. The molecule has 0 atom stereocenters. The van der Waals surface area contributed by atoms with E-state index in [0.29, 0.717) is 6.61 Å². The van der Waals surface area contributed by atoms with Crippen LogP contribution in [0.5, 0.6) is 0 Å². The summed E-state index contributed by atoms with van der Waals surface area (Å²) >= 11 is 3.28. The minimum absolute atomic E-state index is 0.679. The van der Waals surface area contributed by atoms with E-state index in [4.69, 9.17) is 4.74 Å². The van der Waals surface area contributed by atoms with Crippen molar-refractivity contribution >= 4 is 33.4 Å². The molecule has 0 unspecified atom stereocenters. The summed E-state index contributed by atoms with van der Waals surface area (Å²) in [5, 5.41) is 0. The lowest BCUT2D eigenvalue weighted by Gasteiger charge is -1.98. The van der Waals surface area contributed by atoms with Crippen LogP contribution in [0.2, 0.25) is 0 Å². The second kappa shape index (κ2) is 4.87. The molecule has 0 amide bonds. The van der Waals surface area contributed by atoms with Gasteiger partial charge in [-0.1, -0.05) is 11.8 Å². The minimum atomic E-state index is 0.679. The van der Waals surface area contributed by atoms with Gasteiger partial charge in [-0.3, -0.25) is 0 Å². The van der Waals surface area contributed by atoms with Gasteiger partial charge in [0.1, 0.15) is 6.33 Å². The highest BCUT2D eigenvalue weighted by molar-refractivity contribution is 8.00. The van der Waals surface area contributed by atoms with Crippen LogP contribution in [0.3, 0.4) is 0 Å². The molecule has 4 nitrogen and oxygen atoms in total. The average Bonchev–Trinajstić information content (AvgIpc) is 2.69. The Kier molecular flexibility index (Phi) is 3.50. The zero-order valence-electron chi connectivity index (χ0n) is 8.56. The zero-order valence-corrected chi connectivity index (χ0v) is 10.2. The Labute approximate surface area is 96.1 Å². The molecule has 2 aromatic heterocycles. The number of thiazole rings is 1. The quantitative estimate of drug-likeness (QED) is 0.766. The van der Waals surface area contributed by atoms with Crippen molar-refractivity contribution in [2.24, 2.45) is 0 Å². The highest BCUT2D eigenvalue weighted by Gasteiger charge is 2.09. The number of nitrogens with zero attached hydrogens (tertiary/aromatic N) is 3. The lowest BCUT2D eigenvalue weighted by Crippen LogP contribution is -1.97. The summed E-state index contributed by atoms with van der Waals surface area (Å²) in [6.07, 6.45) is 4.39. The summed E-state index contributed by atoms with van der Waals surface area (Å²) in [6, 6.07) is 0. The van der Waals surface area contributed by atoms with Crippen molar-refractivity contribution in [1.82, 2.24) is 15.0 Å². The van der Waals surface area contributed by atoms with Crippen LogP contribution in [-0.2, 0) is 11.2 Å². The molecule has 2 heterocycles. The summed E-state index contributed by atoms with van der Waals surface area (Å²) in [5.41, 5.74) is 1.82. The number of methoxy groups -OCH3 is 1. The lowest BCUT2D eigenvalue weighted by molar-refractivity contribution is 0.202. The summed E-state index contributed by atoms with van der Waals surface area (Å²) in [6.45, 7) is 0.679. The maximum atomic E-state index is 5.05. The van der Waals surface area contributed by atoms with Gasteiger partial charge in [-0.05, 0) is 6.26 Å². The lowest BCUT2D eigenvalue weighted by atomic mass is 10.3. The van der Waals surface area contributed by atoms with Crippen molar-refractivity contribution in [3.63, 3.8) is 0 Å². The first-order valence-corrected chi connectivity index (χ1v) is 6.52. The van der Waals surface area contributed by atoms with Crippen molar-refractivity contribution in [3.8, 4) is 0 Å². The summed E-state index contributed by atoms with van der Waals surface area (Å²) in [4.78, 5) is 12.8. The molecule has 15 heavy (non-hydrogen) atoms. The van der Waals surface area contributed by atoms with Gasteiger partial charge in [-0.2, -0.15) is 0 Å². The van der Waals surface area contributed by atoms with E-state index < -0.39 is 0 Å². The molecule has 0 spiro atoms. The number of thioether (sulfide) groups is 1. The van der Waals surface area contributed by atoms with Gasteiger partial charge in [0.15, 0.2) is 9.99 Å². The van der Waals surface area contributed by atoms with Crippen LogP contribution >= 0.6 is 23.1 Å². The predicted molar refractivity (Wildman–Crippen MR) is 62.6 cm³/mol. The van der Waals surface area contributed by atoms with E-state index in [1.807, 2.05) is 6.26 Å². The zero-order chi connectivity index (χ0) is 10.7. The summed E-state index contributed by atoms with van der Waals surface area (Å²) < 4.78 is 7.16. The first-order chi connectivity index (χ1) is 7.35. The fraction of sp³-hybridized carbons (Fsp3) is 0.444. The molecular formula is C9H11N3OS2. The molecule has 0 aliphatic heterocycles. The van der Waals surface area contributed by atoms with Crippen LogP contribution < -0.4 is 0 Å². The predicted octanol–water partition coefficient (Wildman–Crippen LogP) is 2.00. The van der Waals surface area contributed by atoms with E-state index in [0.717, 1.165) is 26.8 Å². The van der Waals surface area contributed by atoms with Gasteiger partial charge in [-0.15, -0.1) is 11.3 Å². The largest absolute Gasteiger partial charge is 0.384 e. The number of hydrogen-bond acceptors (Lipinski definition) is 6. The second-order valence-electron chi connectivity index (χ2n) is 2.90. The molecule has 0 radical (unpaired) electrons. The van der Waals surface area contributed by atoms with Crippen molar-refractivity contribution in [2.75, 3.05) is 20.0 Å². The monoisotopic (exact) mass is 241 g/mol. The van der Waals surface area contributed by atoms with Gasteiger partial charge in [0.25, 0.3) is 0 Å². The first kappa shape index (κ1) is 10.8. The Balaban J connectivity index is 2.40. The highest BCUT2D eigenvalue weighted by Crippen LogP contribution is 2.28. The van der Waals surface area contributed by atoms with Crippen LogP contribution in [0, 0.1) is 0 Å². The fourth-order valence-electron chi connectivity index (χ4n) is 1.24. The van der Waals surface area contributed by atoms with Crippen LogP contribution in [0.4, 0.5) is 0 Å². The third kappa shape index (κ3) is 2.27. The van der Waals surface area contributed by atoms with Gasteiger partial charge in [-0.25, -0.2) is 15.0 Å². The molecule has 2 aromatic rings. The van der Waals surface area contributed by atoms with Crippen molar-refractivity contribution < 1.29 is 4.74 Å². The fourth-order valence-corrected chi connectivity index (χ4v) is 2.77. The first-order valence-electron chi connectivity index (χ1n) is 4.48. The van der Waals surface area contributed by atoms with Crippen molar-refractivity contribution in [3.05, 3.63) is 12.0 Å². The third-order valence-corrected chi connectivity index (χ3v) is 4.04. The van der Waals surface area contributed by atoms with Gasteiger partial charge >= 0.3 is 0 Å². The van der Waals surface area contributed by atoms with E-state index in [1.165, 1.54) is 0 Å². The maximum absolute atomic E-state index is 5.05. The van der Waals surface area contributed by atoms with E-state index >= 15 is 0 Å². The molecule has 0 aromatic carbocycles. The van der Waals surface area contributed by atoms with Gasteiger partial charge < -0.3 is 4.74 Å². The summed E-state index contributed by atoms with van der Waals surface area (Å²) in [5.74, 6) is 0. The molecule has 0 bridgehead atoms. The molecule has 0 aliphatic rings. The minimum Gasteiger partial charge on any atom is -0.384 e. The maximum Gasteiger partial charge on any atom is 0.175 e. The van der Waals surface area contributed by atoms with Gasteiger partial charge in [0, 0.05) is 13.5 Å². The van der Waals surface area contributed by atoms with Crippen LogP contribution in [0.1, 0.15) is 5.69 Å². The molecule has 0 saturated carbocycles. The number of fused-ring (bicyclic) bond motifs is 1. The molecule has 0 saturated heterocycles. The molecular weight excluding hydrogens is 230 g/mol. The molecule has 2 rings (SSSR count). The molecule has 0 fully saturated rings. The number of rotatable bonds is 4. The molecule has 0 aliphatic carbocycles. The van der Waals surface area contributed by atoms with E-state index in [9.17, 15) is 0 Å². The normalized spacial score (nSPS) is 11.1. The van der Waals surface area contributed by atoms with Gasteiger partial charge in [0.05, 0.1) is 17.0 Å². The Morgan fingerprint density at radius 3 is 3.07 bits per heavy atom. The SMILES string of the molecule is COCCc1ncnc2nc(SC)sc12. The Bertz CT molecular complexity index is 458. The van der Waals surface area contributed by atoms with E-state index in [-0.39, 0.29) is 0 Å². The molecule has 6 heteroatoms. The Morgan fingerprint density at radius 1 is 1.47 bits per heavy atom. The van der Waals surface area contributed by atoms with Crippen molar-refractivity contribution in [2.45, 2.75) is 10.8 Å². The number of hydrogen-bond donors (Lipinski definition) is 0. The second-order valence-corrected chi connectivity index (χ2v) is 4.95. The van der Waals surface area contributed by atoms with E-state index in [1.54, 1.807) is 36.5 Å². The topological polar surface area (TPSA) is 47.9 Å².